The summed E-state index contributed by atoms with van der Waals surface area (Å²) in [5.74, 6) is -0.512. The van der Waals surface area contributed by atoms with Crippen LogP contribution in [0.25, 0.3) is 0 Å². The van der Waals surface area contributed by atoms with E-state index in [9.17, 15) is 9.90 Å². The Hall–Kier alpha value is -2.09. The maximum absolute atomic E-state index is 12.3. The molecule has 6 heteroatoms. The van der Waals surface area contributed by atoms with Crippen molar-refractivity contribution in [2.75, 3.05) is 5.32 Å². The number of benzene rings is 2. The predicted octanol–water partition coefficient (Wildman–Crippen LogP) is 3.45. The lowest BCUT2D eigenvalue weighted by Crippen LogP contribution is -2.14. The zero-order valence-corrected chi connectivity index (χ0v) is 13.3. The van der Waals surface area contributed by atoms with Gasteiger partial charge >= 0.3 is 0 Å². The number of oxime groups is 1. The molecule has 2 aromatic carbocycles. The second-order valence-corrected chi connectivity index (χ2v) is 5.59. The topological polar surface area (TPSA) is 81.9 Å². The standard InChI is InChI=1S/C15H13IN2O3/c1-9(18-21)11-4-2-3-5-13(11)17-15(20)12-8-10(16)6-7-14(12)19/h2-8,19,21H,1H3,(H,17,20)/b18-9-. The Kier molecular flexibility index (Phi) is 4.79. The number of carbonyl (C=O) groups is 1. The van der Waals surface area contributed by atoms with Crippen molar-refractivity contribution >= 4 is 39.9 Å². The number of amides is 1. The maximum Gasteiger partial charge on any atom is 0.259 e. The SMILES string of the molecule is C/C(=N/O)c1ccccc1NC(=O)c1cc(I)ccc1O. The van der Waals surface area contributed by atoms with Gasteiger partial charge in [0.25, 0.3) is 5.91 Å². The molecule has 1 amide bonds. The fourth-order valence-corrected chi connectivity index (χ4v) is 2.33. The molecule has 0 aliphatic rings. The van der Waals surface area contributed by atoms with Gasteiger partial charge in [-0.3, -0.25) is 4.79 Å². The van der Waals surface area contributed by atoms with Crippen molar-refractivity contribution in [1.82, 2.24) is 0 Å². The molecule has 2 rings (SSSR count). The van der Waals surface area contributed by atoms with Gasteiger partial charge in [0.2, 0.25) is 0 Å². The summed E-state index contributed by atoms with van der Waals surface area (Å²) in [6.45, 7) is 1.63. The lowest BCUT2D eigenvalue weighted by Gasteiger charge is -2.11. The Bertz CT molecular complexity index is 714. The summed E-state index contributed by atoms with van der Waals surface area (Å²) < 4.78 is 0.844. The highest BCUT2D eigenvalue weighted by Gasteiger charge is 2.14. The van der Waals surface area contributed by atoms with Crippen molar-refractivity contribution in [2.45, 2.75) is 6.92 Å². The Labute approximate surface area is 135 Å². The number of phenols is 1. The predicted molar refractivity (Wildman–Crippen MR) is 89.2 cm³/mol. The molecule has 2 aromatic rings. The second kappa shape index (κ2) is 6.57. The summed E-state index contributed by atoms with van der Waals surface area (Å²) in [6, 6.07) is 11.8. The minimum absolute atomic E-state index is 0.0852. The fraction of sp³-hybridized carbons (Fsp3) is 0.0667. The van der Waals surface area contributed by atoms with E-state index in [1.165, 1.54) is 6.07 Å². The van der Waals surface area contributed by atoms with Crippen LogP contribution in [-0.4, -0.2) is 21.9 Å². The van der Waals surface area contributed by atoms with Crippen molar-refractivity contribution in [3.8, 4) is 5.75 Å². The highest BCUT2D eigenvalue weighted by molar-refractivity contribution is 14.1. The number of nitrogens with zero attached hydrogens (tertiary/aromatic N) is 1. The molecule has 0 saturated heterocycles. The summed E-state index contributed by atoms with van der Waals surface area (Å²) in [7, 11) is 0. The number of hydrogen-bond acceptors (Lipinski definition) is 4. The van der Waals surface area contributed by atoms with E-state index in [4.69, 9.17) is 5.21 Å². The van der Waals surface area contributed by atoms with Crippen molar-refractivity contribution in [1.29, 1.82) is 0 Å². The minimum Gasteiger partial charge on any atom is -0.507 e. The molecule has 5 nitrogen and oxygen atoms in total. The minimum atomic E-state index is -0.427. The van der Waals surface area contributed by atoms with Gasteiger partial charge in [0.1, 0.15) is 5.75 Å². The van der Waals surface area contributed by atoms with Crippen molar-refractivity contribution in [3.63, 3.8) is 0 Å². The normalized spacial score (nSPS) is 11.2. The second-order valence-electron chi connectivity index (χ2n) is 4.35. The highest BCUT2D eigenvalue weighted by Crippen LogP contribution is 2.22. The van der Waals surface area contributed by atoms with Crippen LogP contribution in [0.4, 0.5) is 5.69 Å². The zero-order valence-electron chi connectivity index (χ0n) is 11.2. The molecular formula is C15H13IN2O3. The van der Waals surface area contributed by atoms with E-state index < -0.39 is 5.91 Å². The van der Waals surface area contributed by atoms with Crippen LogP contribution in [0, 0.1) is 3.57 Å². The number of nitrogens with one attached hydrogen (secondary N) is 1. The number of halogens is 1. The number of para-hydroxylation sites is 1. The average Bonchev–Trinajstić information content (AvgIpc) is 2.49. The quantitative estimate of drug-likeness (QED) is 0.322. The van der Waals surface area contributed by atoms with E-state index in [-0.39, 0.29) is 11.3 Å². The average molecular weight is 396 g/mol. The van der Waals surface area contributed by atoms with Gasteiger partial charge in [0.15, 0.2) is 0 Å². The summed E-state index contributed by atoms with van der Waals surface area (Å²) in [6.07, 6.45) is 0. The van der Waals surface area contributed by atoms with Gasteiger partial charge in [-0.15, -0.1) is 0 Å². The van der Waals surface area contributed by atoms with Crippen molar-refractivity contribution in [2.24, 2.45) is 5.16 Å². The van der Waals surface area contributed by atoms with Crippen LogP contribution >= 0.6 is 22.6 Å². The number of anilines is 1. The number of hydrogen-bond donors (Lipinski definition) is 3. The summed E-state index contributed by atoms with van der Waals surface area (Å²) in [5.41, 5.74) is 1.70. The van der Waals surface area contributed by atoms with E-state index in [0.29, 0.717) is 17.0 Å². The first-order valence-electron chi connectivity index (χ1n) is 6.11. The van der Waals surface area contributed by atoms with E-state index in [1.807, 2.05) is 0 Å². The van der Waals surface area contributed by atoms with Gasteiger partial charge in [0.05, 0.1) is 17.0 Å². The van der Waals surface area contributed by atoms with Crippen molar-refractivity contribution < 1.29 is 15.1 Å². The molecule has 21 heavy (non-hydrogen) atoms. The van der Waals surface area contributed by atoms with E-state index in [2.05, 4.69) is 33.1 Å². The lowest BCUT2D eigenvalue weighted by atomic mass is 10.1. The number of rotatable bonds is 3. The molecule has 0 heterocycles. The van der Waals surface area contributed by atoms with Crippen LogP contribution in [0.1, 0.15) is 22.8 Å². The van der Waals surface area contributed by atoms with Crippen LogP contribution in [-0.2, 0) is 0 Å². The van der Waals surface area contributed by atoms with E-state index in [1.54, 1.807) is 43.3 Å². The Morgan fingerprint density at radius 3 is 2.62 bits per heavy atom. The monoisotopic (exact) mass is 396 g/mol. The number of phenolic OH excluding ortho intramolecular Hbond substituents is 1. The first-order valence-corrected chi connectivity index (χ1v) is 7.18. The smallest absolute Gasteiger partial charge is 0.259 e. The largest absolute Gasteiger partial charge is 0.507 e. The molecule has 0 unspecified atom stereocenters. The van der Waals surface area contributed by atoms with Gasteiger partial charge in [-0.25, -0.2) is 0 Å². The molecule has 0 aliphatic heterocycles. The number of aromatic hydroxyl groups is 1. The molecule has 0 radical (unpaired) electrons. The Morgan fingerprint density at radius 2 is 1.90 bits per heavy atom. The first-order chi connectivity index (χ1) is 10.0. The van der Waals surface area contributed by atoms with Crippen LogP contribution in [0.15, 0.2) is 47.6 Å². The zero-order chi connectivity index (χ0) is 15.4. The molecule has 3 N–H and O–H groups in total. The summed E-state index contributed by atoms with van der Waals surface area (Å²) in [5, 5.41) is 24.5. The molecule has 0 aliphatic carbocycles. The van der Waals surface area contributed by atoms with Crippen molar-refractivity contribution in [3.05, 3.63) is 57.2 Å². The molecule has 0 spiro atoms. The molecule has 0 atom stereocenters. The van der Waals surface area contributed by atoms with Crippen LogP contribution < -0.4 is 5.32 Å². The van der Waals surface area contributed by atoms with Gasteiger partial charge in [-0.05, 0) is 53.8 Å². The third-order valence-corrected chi connectivity index (χ3v) is 3.59. The lowest BCUT2D eigenvalue weighted by molar-refractivity contribution is 0.102. The number of carbonyl (C=O) groups excluding carboxylic acids is 1. The summed E-state index contributed by atoms with van der Waals surface area (Å²) in [4.78, 5) is 12.3. The van der Waals surface area contributed by atoms with E-state index >= 15 is 0 Å². The summed E-state index contributed by atoms with van der Waals surface area (Å²) >= 11 is 2.07. The molecule has 0 saturated carbocycles. The third kappa shape index (κ3) is 3.52. The van der Waals surface area contributed by atoms with Gasteiger partial charge < -0.3 is 15.6 Å². The van der Waals surface area contributed by atoms with Gasteiger partial charge in [-0.2, -0.15) is 0 Å². The van der Waals surface area contributed by atoms with E-state index in [0.717, 1.165) is 3.57 Å². The Balaban J connectivity index is 2.34. The molecule has 0 aromatic heterocycles. The van der Waals surface area contributed by atoms with Crippen LogP contribution in [0.3, 0.4) is 0 Å². The van der Waals surface area contributed by atoms with Crippen LogP contribution in [0.2, 0.25) is 0 Å². The molecule has 0 bridgehead atoms. The Morgan fingerprint density at radius 1 is 1.19 bits per heavy atom. The maximum atomic E-state index is 12.3. The van der Waals surface area contributed by atoms with Gasteiger partial charge in [-0.1, -0.05) is 23.4 Å². The molecule has 0 fully saturated rings. The van der Waals surface area contributed by atoms with Gasteiger partial charge in [0, 0.05) is 9.13 Å². The third-order valence-electron chi connectivity index (χ3n) is 2.92. The first kappa shape index (κ1) is 15.3. The van der Waals surface area contributed by atoms with Crippen LogP contribution in [0.5, 0.6) is 5.75 Å². The molecule has 108 valence electrons. The molecular weight excluding hydrogens is 383 g/mol. The highest BCUT2D eigenvalue weighted by atomic mass is 127. The fourth-order valence-electron chi connectivity index (χ4n) is 1.84.